The number of aryl methyl sites for hydroxylation is 1. The van der Waals surface area contributed by atoms with Crippen molar-refractivity contribution in [2.45, 2.75) is 70.8 Å². The Balaban J connectivity index is 1.62. The second kappa shape index (κ2) is 11.5. The minimum atomic E-state index is -0.352. The van der Waals surface area contributed by atoms with Gasteiger partial charge in [0.05, 0.1) is 12.6 Å². The molecule has 3 aromatic rings. The van der Waals surface area contributed by atoms with E-state index in [9.17, 15) is 4.79 Å². The first-order chi connectivity index (χ1) is 16.9. The Kier molecular flexibility index (Phi) is 8.21. The molecule has 0 radical (unpaired) electrons. The number of pyridine rings is 1. The topological polar surface area (TPSA) is 77.2 Å². The first-order valence-electron chi connectivity index (χ1n) is 12.7. The summed E-state index contributed by atoms with van der Waals surface area (Å²) in [7, 11) is 1.64. The Hall–Kier alpha value is -3.15. The van der Waals surface area contributed by atoms with Crippen LogP contribution < -0.4 is 15.8 Å². The van der Waals surface area contributed by atoms with E-state index in [1.165, 1.54) is 12.8 Å². The molecule has 186 valence electrons. The molecule has 1 fully saturated rings. The van der Waals surface area contributed by atoms with Crippen LogP contribution in [0.3, 0.4) is 0 Å². The number of carbonyl (C=O) groups is 1. The molecule has 0 atom stereocenters. The number of benzene rings is 2. The number of primary amides is 1. The molecule has 1 amide bonds. The van der Waals surface area contributed by atoms with Crippen molar-refractivity contribution in [2.75, 3.05) is 12.4 Å². The number of nitrogens with two attached hydrogens (primary N) is 1. The summed E-state index contributed by atoms with van der Waals surface area (Å²) < 4.78 is 20.5. The fraction of sp³-hybridized carbons (Fsp3) is 0.448. The standard InChI is InChI=1S/C29H36FN3O2/c1-19-5-3-7-21(8-4-6-19)25-16-23-15-22(11-14-28(31)34)29(33-27(23)17-26(25)30)32-18-20-9-12-24(35-2)13-10-20/h9-10,12-13,15-17,19,21H,3-8,11,14,18H2,1-2H3,(H2,31,34)(H,32,33). The van der Waals surface area contributed by atoms with E-state index in [2.05, 4.69) is 12.2 Å². The summed E-state index contributed by atoms with van der Waals surface area (Å²) in [5, 5.41) is 4.28. The second-order valence-corrected chi connectivity index (χ2v) is 9.89. The number of rotatable bonds is 8. The van der Waals surface area contributed by atoms with Crippen LogP contribution in [0.5, 0.6) is 5.75 Å². The number of hydrogen-bond donors (Lipinski definition) is 2. The SMILES string of the molecule is COc1ccc(CNc2nc3cc(F)c(C4CCCC(C)CCC4)cc3cc2CCC(N)=O)cc1. The maximum Gasteiger partial charge on any atom is 0.217 e. The molecular formula is C29H36FN3O2. The van der Waals surface area contributed by atoms with Gasteiger partial charge in [0.2, 0.25) is 5.91 Å². The zero-order chi connectivity index (χ0) is 24.8. The summed E-state index contributed by atoms with van der Waals surface area (Å²) in [6, 6.07) is 13.4. The van der Waals surface area contributed by atoms with Crippen LogP contribution in [0, 0.1) is 11.7 Å². The molecule has 1 aromatic heterocycles. The lowest BCUT2D eigenvalue weighted by Gasteiger charge is -2.24. The predicted octanol–water partition coefficient (Wildman–Crippen LogP) is 6.49. The number of nitrogens with one attached hydrogen (secondary N) is 1. The third-order valence-electron chi connectivity index (χ3n) is 7.21. The number of aromatic nitrogens is 1. The zero-order valence-electron chi connectivity index (χ0n) is 20.8. The van der Waals surface area contributed by atoms with Crippen LogP contribution in [0.1, 0.15) is 74.5 Å². The Bertz CT molecular complexity index is 1150. The number of amides is 1. The highest BCUT2D eigenvalue weighted by atomic mass is 19.1. The van der Waals surface area contributed by atoms with E-state index >= 15 is 4.39 Å². The van der Waals surface area contributed by atoms with Crippen molar-refractivity contribution in [2.24, 2.45) is 11.7 Å². The smallest absolute Gasteiger partial charge is 0.217 e. The predicted molar refractivity (Wildman–Crippen MR) is 139 cm³/mol. The lowest BCUT2D eigenvalue weighted by molar-refractivity contribution is -0.117. The normalized spacial score (nSPS) is 18.6. The van der Waals surface area contributed by atoms with Gasteiger partial charge in [0.1, 0.15) is 17.4 Å². The molecule has 0 saturated heterocycles. The second-order valence-electron chi connectivity index (χ2n) is 9.89. The van der Waals surface area contributed by atoms with E-state index in [0.29, 0.717) is 24.3 Å². The summed E-state index contributed by atoms with van der Waals surface area (Å²) >= 11 is 0. The van der Waals surface area contributed by atoms with Gasteiger partial charge in [0, 0.05) is 24.4 Å². The molecule has 1 aliphatic carbocycles. The highest BCUT2D eigenvalue weighted by Crippen LogP contribution is 2.36. The van der Waals surface area contributed by atoms with Crippen LogP contribution >= 0.6 is 0 Å². The molecule has 1 aliphatic rings. The van der Waals surface area contributed by atoms with Crippen LogP contribution in [0.25, 0.3) is 10.9 Å². The monoisotopic (exact) mass is 477 g/mol. The van der Waals surface area contributed by atoms with Crippen molar-refractivity contribution in [3.8, 4) is 5.75 Å². The lowest BCUT2D eigenvalue weighted by atomic mass is 9.82. The maximum atomic E-state index is 15.3. The maximum absolute atomic E-state index is 15.3. The van der Waals surface area contributed by atoms with Crippen LogP contribution in [0.2, 0.25) is 0 Å². The van der Waals surface area contributed by atoms with Gasteiger partial charge in [0.15, 0.2) is 0 Å². The summed E-state index contributed by atoms with van der Waals surface area (Å²) in [6.07, 6.45) is 7.48. The molecule has 6 heteroatoms. The van der Waals surface area contributed by atoms with Gasteiger partial charge < -0.3 is 15.8 Å². The average molecular weight is 478 g/mol. The van der Waals surface area contributed by atoms with Gasteiger partial charge in [-0.3, -0.25) is 4.79 Å². The average Bonchev–Trinajstić information content (AvgIpc) is 2.83. The van der Waals surface area contributed by atoms with Crippen LogP contribution in [-0.4, -0.2) is 18.0 Å². The van der Waals surface area contributed by atoms with Crippen LogP contribution in [0.15, 0.2) is 42.5 Å². The van der Waals surface area contributed by atoms with E-state index in [4.69, 9.17) is 15.5 Å². The van der Waals surface area contributed by atoms with Crippen molar-refractivity contribution in [3.05, 3.63) is 65.0 Å². The van der Waals surface area contributed by atoms with Crippen molar-refractivity contribution in [1.29, 1.82) is 0 Å². The quantitative estimate of drug-likeness (QED) is 0.389. The van der Waals surface area contributed by atoms with Crippen LogP contribution in [0.4, 0.5) is 10.2 Å². The lowest BCUT2D eigenvalue weighted by Crippen LogP contribution is -2.13. The van der Waals surface area contributed by atoms with Crippen molar-refractivity contribution in [1.82, 2.24) is 4.98 Å². The molecule has 1 heterocycles. The number of fused-ring (bicyclic) bond motifs is 1. The number of hydrogen-bond acceptors (Lipinski definition) is 4. The van der Waals surface area contributed by atoms with Gasteiger partial charge in [-0.05, 0) is 72.1 Å². The Morgan fingerprint density at radius 3 is 2.49 bits per heavy atom. The highest BCUT2D eigenvalue weighted by Gasteiger charge is 2.20. The summed E-state index contributed by atoms with van der Waals surface area (Å²) in [6.45, 7) is 2.86. The Labute approximate surface area is 207 Å². The third-order valence-corrected chi connectivity index (χ3v) is 7.21. The fourth-order valence-electron chi connectivity index (χ4n) is 5.13. The molecule has 0 bridgehead atoms. The number of ether oxygens (including phenoxy) is 1. The van der Waals surface area contributed by atoms with Crippen molar-refractivity contribution < 1.29 is 13.9 Å². The van der Waals surface area contributed by atoms with Crippen LogP contribution in [-0.2, 0) is 17.8 Å². The molecular weight excluding hydrogens is 441 g/mol. The number of anilines is 1. The number of halogens is 1. The van der Waals surface area contributed by atoms with E-state index in [1.807, 2.05) is 36.4 Å². The molecule has 5 nitrogen and oxygen atoms in total. The van der Waals surface area contributed by atoms with Gasteiger partial charge in [-0.1, -0.05) is 44.7 Å². The molecule has 35 heavy (non-hydrogen) atoms. The summed E-state index contributed by atoms with van der Waals surface area (Å²) in [5.41, 5.74) is 8.82. The molecule has 0 spiro atoms. The molecule has 0 aliphatic heterocycles. The van der Waals surface area contributed by atoms with Gasteiger partial charge in [-0.2, -0.15) is 0 Å². The van der Waals surface area contributed by atoms with Gasteiger partial charge in [-0.15, -0.1) is 0 Å². The zero-order valence-corrected chi connectivity index (χ0v) is 20.8. The van der Waals surface area contributed by atoms with E-state index < -0.39 is 0 Å². The first kappa shape index (κ1) is 25.0. The van der Waals surface area contributed by atoms with E-state index in [-0.39, 0.29) is 24.1 Å². The largest absolute Gasteiger partial charge is 0.497 e. The minimum Gasteiger partial charge on any atom is -0.497 e. The Morgan fingerprint density at radius 1 is 1.11 bits per heavy atom. The molecule has 4 rings (SSSR count). The third kappa shape index (κ3) is 6.50. The van der Waals surface area contributed by atoms with E-state index in [1.54, 1.807) is 13.2 Å². The van der Waals surface area contributed by atoms with Gasteiger partial charge in [-0.25, -0.2) is 9.37 Å². The van der Waals surface area contributed by atoms with Crippen molar-refractivity contribution in [3.63, 3.8) is 0 Å². The molecule has 2 aromatic carbocycles. The number of carbonyl (C=O) groups excluding carboxylic acids is 1. The number of methoxy groups -OCH3 is 1. The highest BCUT2D eigenvalue weighted by molar-refractivity contribution is 5.83. The summed E-state index contributed by atoms with van der Waals surface area (Å²) in [4.78, 5) is 16.3. The van der Waals surface area contributed by atoms with Gasteiger partial charge in [0.25, 0.3) is 0 Å². The first-order valence-corrected chi connectivity index (χ1v) is 12.7. The summed E-state index contributed by atoms with van der Waals surface area (Å²) in [5.74, 6) is 1.93. The Morgan fingerprint density at radius 2 is 1.83 bits per heavy atom. The number of nitrogens with zero attached hydrogens (tertiary/aromatic N) is 1. The fourth-order valence-corrected chi connectivity index (χ4v) is 5.13. The molecule has 3 N–H and O–H groups in total. The molecule has 0 unspecified atom stereocenters. The minimum absolute atomic E-state index is 0.172. The molecule has 1 saturated carbocycles. The van der Waals surface area contributed by atoms with Gasteiger partial charge >= 0.3 is 0 Å². The van der Waals surface area contributed by atoms with Crippen molar-refractivity contribution >= 4 is 22.6 Å². The van der Waals surface area contributed by atoms with E-state index in [0.717, 1.165) is 59.4 Å².